The molecule has 0 radical (unpaired) electrons. The second-order valence-corrected chi connectivity index (χ2v) is 3.64. The third-order valence-electron chi connectivity index (χ3n) is 1.89. The Bertz CT molecular complexity index is 221. The second-order valence-electron chi connectivity index (χ2n) is 2.77. The smallest absolute Gasteiger partial charge is 0.0666 e. The molecule has 0 aliphatic carbocycles. The maximum absolute atomic E-state index is 5.25. The van der Waals surface area contributed by atoms with Crippen molar-refractivity contribution in [3.05, 3.63) is 11.1 Å². The van der Waals surface area contributed by atoms with Gasteiger partial charge in [0.2, 0.25) is 0 Å². The molecule has 5 heteroatoms. The Morgan fingerprint density at radius 1 is 1.50 bits per heavy atom. The molecule has 0 N–H and O–H groups in total. The first-order valence-corrected chi connectivity index (χ1v) is 4.79. The lowest BCUT2D eigenvalue weighted by Crippen LogP contribution is -2.35. The summed E-state index contributed by atoms with van der Waals surface area (Å²) in [6.45, 7) is 4.73. The van der Waals surface area contributed by atoms with Gasteiger partial charge in [-0.05, 0) is 11.5 Å². The highest BCUT2D eigenvalue weighted by Crippen LogP contribution is 2.08. The van der Waals surface area contributed by atoms with Crippen LogP contribution in [0.15, 0.2) is 6.20 Å². The average Bonchev–Trinajstić information content (AvgIpc) is 2.59. The number of morpholine rings is 1. The average molecular weight is 185 g/mol. The first-order chi connectivity index (χ1) is 5.95. The molecule has 0 bridgehead atoms. The fourth-order valence-electron chi connectivity index (χ4n) is 1.24. The molecule has 2 rings (SSSR count). The van der Waals surface area contributed by atoms with E-state index in [1.54, 1.807) is 0 Å². The summed E-state index contributed by atoms with van der Waals surface area (Å²) in [4.78, 5) is 3.59. The minimum atomic E-state index is 0.853. The van der Waals surface area contributed by atoms with E-state index >= 15 is 0 Å². The zero-order valence-electron chi connectivity index (χ0n) is 6.77. The molecule has 1 fully saturated rings. The number of hydrogen-bond acceptors (Lipinski definition) is 5. The SMILES string of the molecule is c1nnsc1CN1CCOCC1. The van der Waals surface area contributed by atoms with Gasteiger partial charge in [-0.15, -0.1) is 5.10 Å². The first-order valence-electron chi connectivity index (χ1n) is 4.01. The minimum Gasteiger partial charge on any atom is -0.379 e. The molecule has 12 heavy (non-hydrogen) atoms. The molecule has 1 saturated heterocycles. The molecule has 1 aromatic heterocycles. The zero-order chi connectivity index (χ0) is 8.23. The molecule has 1 aromatic rings. The van der Waals surface area contributed by atoms with E-state index in [2.05, 4.69) is 14.5 Å². The number of hydrogen-bond donors (Lipinski definition) is 0. The summed E-state index contributed by atoms with van der Waals surface area (Å²) in [5, 5.41) is 3.80. The van der Waals surface area contributed by atoms with Crippen molar-refractivity contribution in [3.8, 4) is 0 Å². The number of aromatic nitrogens is 2. The topological polar surface area (TPSA) is 38.2 Å². The Morgan fingerprint density at radius 2 is 2.33 bits per heavy atom. The maximum Gasteiger partial charge on any atom is 0.0666 e. The van der Waals surface area contributed by atoms with Crippen LogP contribution < -0.4 is 0 Å². The number of rotatable bonds is 2. The molecule has 0 spiro atoms. The molecule has 66 valence electrons. The van der Waals surface area contributed by atoms with Crippen LogP contribution in [0, 0.1) is 0 Å². The van der Waals surface area contributed by atoms with Crippen LogP contribution in [-0.2, 0) is 11.3 Å². The van der Waals surface area contributed by atoms with E-state index in [1.165, 1.54) is 16.4 Å². The van der Waals surface area contributed by atoms with E-state index in [4.69, 9.17) is 4.74 Å². The summed E-state index contributed by atoms with van der Waals surface area (Å²) in [5.41, 5.74) is 0. The Kier molecular flexibility index (Phi) is 2.65. The summed E-state index contributed by atoms with van der Waals surface area (Å²) < 4.78 is 9.07. The predicted molar refractivity (Wildman–Crippen MR) is 46.0 cm³/mol. The summed E-state index contributed by atoms with van der Waals surface area (Å²) in [6.07, 6.45) is 1.83. The van der Waals surface area contributed by atoms with Gasteiger partial charge in [0.25, 0.3) is 0 Å². The minimum absolute atomic E-state index is 0.853. The van der Waals surface area contributed by atoms with Gasteiger partial charge in [0, 0.05) is 19.6 Å². The monoisotopic (exact) mass is 185 g/mol. The van der Waals surface area contributed by atoms with Gasteiger partial charge >= 0.3 is 0 Å². The van der Waals surface area contributed by atoms with Crippen molar-refractivity contribution in [3.63, 3.8) is 0 Å². The number of ether oxygens (including phenoxy) is 1. The molecule has 1 aliphatic heterocycles. The van der Waals surface area contributed by atoms with Gasteiger partial charge < -0.3 is 4.74 Å². The van der Waals surface area contributed by atoms with E-state index in [1.807, 2.05) is 6.20 Å². The fourth-order valence-corrected chi connectivity index (χ4v) is 1.77. The molecular weight excluding hydrogens is 174 g/mol. The third-order valence-corrected chi connectivity index (χ3v) is 2.54. The molecule has 0 atom stereocenters. The van der Waals surface area contributed by atoms with Crippen molar-refractivity contribution in [2.45, 2.75) is 6.54 Å². The third kappa shape index (κ3) is 2.00. The Morgan fingerprint density at radius 3 is 3.00 bits per heavy atom. The van der Waals surface area contributed by atoms with Crippen LogP contribution in [0.25, 0.3) is 0 Å². The van der Waals surface area contributed by atoms with E-state index in [-0.39, 0.29) is 0 Å². The molecule has 0 saturated carbocycles. The van der Waals surface area contributed by atoms with E-state index < -0.39 is 0 Å². The van der Waals surface area contributed by atoms with Gasteiger partial charge in [0.05, 0.1) is 24.3 Å². The standard InChI is InChI=1S/C7H11N3OS/c1-3-11-4-2-10(1)6-7-5-8-9-12-7/h5H,1-4,6H2. The molecular formula is C7H11N3OS. The highest BCUT2D eigenvalue weighted by atomic mass is 32.1. The van der Waals surface area contributed by atoms with Crippen molar-refractivity contribution in [2.24, 2.45) is 0 Å². The van der Waals surface area contributed by atoms with Crippen LogP contribution in [0.1, 0.15) is 4.88 Å². The summed E-state index contributed by atoms with van der Waals surface area (Å²) in [5.74, 6) is 0. The van der Waals surface area contributed by atoms with Gasteiger partial charge in [-0.25, -0.2) is 0 Å². The van der Waals surface area contributed by atoms with Crippen LogP contribution in [0.3, 0.4) is 0 Å². The van der Waals surface area contributed by atoms with Gasteiger partial charge in [0.1, 0.15) is 0 Å². The van der Waals surface area contributed by atoms with Crippen molar-refractivity contribution in [1.82, 2.24) is 14.5 Å². The fraction of sp³-hybridized carbons (Fsp3) is 0.714. The molecule has 1 aliphatic rings. The van der Waals surface area contributed by atoms with Crippen LogP contribution >= 0.6 is 11.5 Å². The summed E-state index contributed by atoms with van der Waals surface area (Å²) in [7, 11) is 0. The summed E-state index contributed by atoms with van der Waals surface area (Å²) in [6, 6.07) is 0. The van der Waals surface area contributed by atoms with Gasteiger partial charge in [-0.3, -0.25) is 4.90 Å². The van der Waals surface area contributed by atoms with Crippen LogP contribution in [-0.4, -0.2) is 40.8 Å². The predicted octanol–water partition coefficient (Wildman–Crippen LogP) is 0.370. The van der Waals surface area contributed by atoms with Crippen molar-refractivity contribution in [1.29, 1.82) is 0 Å². The number of nitrogens with zero attached hydrogens (tertiary/aromatic N) is 3. The van der Waals surface area contributed by atoms with Crippen LogP contribution in [0.2, 0.25) is 0 Å². The molecule has 0 unspecified atom stereocenters. The first kappa shape index (κ1) is 8.10. The summed E-state index contributed by atoms with van der Waals surface area (Å²) >= 11 is 1.47. The normalized spacial score (nSPS) is 19.7. The van der Waals surface area contributed by atoms with Gasteiger partial charge in [0.15, 0.2) is 0 Å². The van der Waals surface area contributed by atoms with Crippen molar-refractivity contribution in [2.75, 3.05) is 26.3 Å². The van der Waals surface area contributed by atoms with Crippen LogP contribution in [0.5, 0.6) is 0 Å². The molecule has 2 heterocycles. The zero-order valence-corrected chi connectivity index (χ0v) is 7.59. The second kappa shape index (κ2) is 3.93. The Labute approximate surface area is 75.3 Å². The highest BCUT2D eigenvalue weighted by molar-refractivity contribution is 7.05. The van der Waals surface area contributed by atoms with E-state index in [9.17, 15) is 0 Å². The van der Waals surface area contributed by atoms with Crippen molar-refractivity contribution >= 4 is 11.5 Å². The lowest BCUT2D eigenvalue weighted by atomic mass is 10.4. The quantitative estimate of drug-likeness (QED) is 0.667. The van der Waals surface area contributed by atoms with E-state index in [0.717, 1.165) is 32.8 Å². The van der Waals surface area contributed by atoms with Crippen LogP contribution in [0.4, 0.5) is 0 Å². The largest absolute Gasteiger partial charge is 0.379 e. The van der Waals surface area contributed by atoms with Crippen molar-refractivity contribution < 1.29 is 4.74 Å². The molecule has 0 aromatic carbocycles. The van der Waals surface area contributed by atoms with Gasteiger partial charge in [-0.2, -0.15) is 0 Å². The highest BCUT2D eigenvalue weighted by Gasteiger charge is 2.11. The van der Waals surface area contributed by atoms with E-state index in [0.29, 0.717) is 0 Å². The Balaban J connectivity index is 1.86. The molecule has 0 amide bonds. The van der Waals surface area contributed by atoms with Gasteiger partial charge in [-0.1, -0.05) is 4.49 Å². The lowest BCUT2D eigenvalue weighted by Gasteiger charge is -2.25. The molecule has 4 nitrogen and oxygen atoms in total. The lowest BCUT2D eigenvalue weighted by molar-refractivity contribution is 0.0346. The Hall–Kier alpha value is -0.520. The maximum atomic E-state index is 5.25.